The first kappa shape index (κ1) is 9.89. The van der Waals surface area contributed by atoms with Crippen molar-refractivity contribution in [2.45, 2.75) is 0 Å². The van der Waals surface area contributed by atoms with Crippen LogP contribution in [0.2, 0.25) is 0 Å². The van der Waals surface area contributed by atoms with Gasteiger partial charge in [0.25, 0.3) is 0 Å². The minimum absolute atomic E-state index is 0.750. The van der Waals surface area contributed by atoms with Crippen molar-refractivity contribution in [1.82, 2.24) is 0 Å². The standard InChI is InChI=1S/C8H8O2.BH3O2/c1-9-7-5-3-4-6(5)8(7)10-2;2-1-3/h3-4H,1-2H3;1-3H. The van der Waals surface area contributed by atoms with Crippen LogP contribution >= 0.6 is 0 Å². The highest BCUT2D eigenvalue weighted by Crippen LogP contribution is 2.54. The summed E-state index contributed by atoms with van der Waals surface area (Å²) >= 11 is 0. The van der Waals surface area contributed by atoms with Crippen molar-refractivity contribution in [2.24, 2.45) is 0 Å². The number of methoxy groups -OCH3 is 2. The van der Waals surface area contributed by atoms with Gasteiger partial charge in [0.15, 0.2) is 11.5 Å². The van der Waals surface area contributed by atoms with Gasteiger partial charge >= 0.3 is 7.69 Å². The molecule has 0 amide bonds. The molecule has 0 aromatic rings. The van der Waals surface area contributed by atoms with E-state index in [1.165, 1.54) is 11.1 Å². The molecule has 0 aromatic carbocycles. The second kappa shape index (κ2) is 4.16. The fourth-order valence-corrected chi connectivity index (χ4v) is 1.23. The molecule has 0 atom stereocenters. The number of hydrogen-bond acceptors (Lipinski definition) is 4. The maximum absolute atomic E-state index is 7.12. The first-order valence-electron chi connectivity index (χ1n) is 3.77. The van der Waals surface area contributed by atoms with E-state index in [1.807, 2.05) is 12.1 Å². The minimum atomic E-state index is -0.750. The van der Waals surface area contributed by atoms with Crippen molar-refractivity contribution in [2.75, 3.05) is 14.2 Å². The van der Waals surface area contributed by atoms with Gasteiger partial charge in [-0.15, -0.1) is 0 Å². The first-order valence-corrected chi connectivity index (χ1v) is 3.77. The van der Waals surface area contributed by atoms with E-state index in [9.17, 15) is 0 Å². The predicted octanol–water partition coefficient (Wildman–Crippen LogP) is -0.0783. The van der Waals surface area contributed by atoms with Gasteiger partial charge in [-0.05, 0) is 12.1 Å². The van der Waals surface area contributed by atoms with Gasteiger partial charge in [-0.25, -0.2) is 0 Å². The van der Waals surface area contributed by atoms with E-state index < -0.39 is 7.69 Å². The SMILES string of the molecule is COc1c2ccc-2c1OC.OBO. The summed E-state index contributed by atoms with van der Waals surface area (Å²) in [5.74, 6) is 1.78. The van der Waals surface area contributed by atoms with Crippen molar-refractivity contribution < 1.29 is 19.5 Å². The lowest BCUT2D eigenvalue weighted by Gasteiger charge is -2.24. The predicted molar refractivity (Wildman–Crippen MR) is 50.1 cm³/mol. The summed E-state index contributed by atoms with van der Waals surface area (Å²) in [6.45, 7) is 0. The highest BCUT2D eigenvalue weighted by atomic mass is 16.5. The van der Waals surface area contributed by atoms with Crippen LogP contribution in [0.25, 0.3) is 11.1 Å². The summed E-state index contributed by atoms with van der Waals surface area (Å²) in [4.78, 5) is 0. The molecule has 4 nitrogen and oxygen atoms in total. The Bertz CT molecular complexity index is 271. The molecule has 0 aliphatic heterocycles. The molecule has 2 rings (SSSR count). The molecule has 2 aliphatic carbocycles. The molecule has 0 fully saturated rings. The van der Waals surface area contributed by atoms with Crippen molar-refractivity contribution in [3.05, 3.63) is 12.1 Å². The lowest BCUT2D eigenvalue weighted by atomic mass is 9.90. The van der Waals surface area contributed by atoms with Crippen molar-refractivity contribution in [3.8, 4) is 22.6 Å². The molecule has 2 aliphatic rings. The summed E-state index contributed by atoms with van der Waals surface area (Å²) in [5.41, 5.74) is 2.39. The molecule has 0 spiro atoms. The van der Waals surface area contributed by atoms with Gasteiger partial charge in [0.05, 0.1) is 14.2 Å². The summed E-state index contributed by atoms with van der Waals surface area (Å²) in [6.07, 6.45) is 0. The van der Waals surface area contributed by atoms with E-state index in [-0.39, 0.29) is 0 Å². The van der Waals surface area contributed by atoms with Gasteiger partial charge in [-0.2, -0.15) is 0 Å². The Morgan fingerprint density at radius 3 is 1.46 bits per heavy atom. The average Bonchev–Trinajstić information content (AvgIpc) is 2.09. The minimum Gasteiger partial charge on any atom is -0.492 e. The van der Waals surface area contributed by atoms with Crippen molar-refractivity contribution in [3.63, 3.8) is 0 Å². The Morgan fingerprint density at radius 2 is 1.31 bits per heavy atom. The molecule has 0 unspecified atom stereocenters. The molecule has 5 heteroatoms. The highest BCUT2D eigenvalue weighted by Gasteiger charge is 2.27. The van der Waals surface area contributed by atoms with E-state index in [0.717, 1.165) is 11.5 Å². The smallest absolute Gasteiger partial charge is 0.432 e. The van der Waals surface area contributed by atoms with Gasteiger partial charge in [-0.1, -0.05) is 0 Å². The Morgan fingerprint density at radius 1 is 1.00 bits per heavy atom. The van der Waals surface area contributed by atoms with Crippen LogP contribution in [-0.2, 0) is 0 Å². The second-order valence-electron chi connectivity index (χ2n) is 2.37. The van der Waals surface area contributed by atoms with Crippen LogP contribution < -0.4 is 9.47 Å². The topological polar surface area (TPSA) is 58.9 Å². The van der Waals surface area contributed by atoms with Gasteiger partial charge < -0.3 is 19.5 Å². The Balaban J connectivity index is 0.000000251. The summed E-state index contributed by atoms with van der Waals surface area (Å²) in [7, 11) is 2.56. The van der Waals surface area contributed by atoms with Crippen LogP contribution in [0.4, 0.5) is 0 Å². The Hall–Kier alpha value is -1.20. The summed E-state index contributed by atoms with van der Waals surface area (Å²) in [6, 6.07) is 4.05. The monoisotopic (exact) mass is 182 g/mol. The molecule has 2 N–H and O–H groups in total. The van der Waals surface area contributed by atoms with Crippen LogP contribution in [0.1, 0.15) is 0 Å². The highest BCUT2D eigenvalue weighted by molar-refractivity contribution is 6.13. The van der Waals surface area contributed by atoms with Crippen LogP contribution in [0.3, 0.4) is 0 Å². The average molecular weight is 182 g/mol. The number of fused-ring (bicyclic) bond motifs is 1. The lowest BCUT2D eigenvalue weighted by molar-refractivity contribution is 0.349. The number of rotatable bonds is 2. The third-order valence-corrected chi connectivity index (χ3v) is 1.81. The Kier molecular flexibility index (Phi) is 3.16. The van der Waals surface area contributed by atoms with E-state index in [1.54, 1.807) is 14.2 Å². The zero-order valence-electron chi connectivity index (χ0n) is 7.57. The normalized spacial score (nSPS) is 9.54. The fourth-order valence-electron chi connectivity index (χ4n) is 1.23. The number of ether oxygens (including phenoxy) is 2. The molecule has 0 saturated heterocycles. The van der Waals surface area contributed by atoms with Gasteiger partial charge in [-0.3, -0.25) is 0 Å². The largest absolute Gasteiger partial charge is 0.492 e. The van der Waals surface area contributed by atoms with Gasteiger partial charge in [0, 0.05) is 11.1 Å². The molecule has 0 radical (unpaired) electrons. The maximum Gasteiger partial charge on any atom is 0.432 e. The van der Waals surface area contributed by atoms with E-state index >= 15 is 0 Å². The molecular formula is C8H11BO4. The second-order valence-corrected chi connectivity index (χ2v) is 2.37. The quantitative estimate of drug-likeness (QED) is 0.637. The molecule has 0 saturated carbocycles. The van der Waals surface area contributed by atoms with Crippen molar-refractivity contribution in [1.29, 1.82) is 0 Å². The molecule has 0 aromatic heterocycles. The lowest BCUT2D eigenvalue weighted by Crippen LogP contribution is -2.03. The van der Waals surface area contributed by atoms with E-state index in [2.05, 4.69) is 0 Å². The van der Waals surface area contributed by atoms with Crippen LogP contribution in [0, 0.1) is 0 Å². The van der Waals surface area contributed by atoms with E-state index in [0.29, 0.717) is 0 Å². The third kappa shape index (κ3) is 1.48. The molecule has 70 valence electrons. The maximum atomic E-state index is 7.12. The molecule has 13 heavy (non-hydrogen) atoms. The van der Waals surface area contributed by atoms with Crippen molar-refractivity contribution >= 4 is 7.69 Å². The molecule has 0 heterocycles. The van der Waals surface area contributed by atoms with Crippen LogP contribution in [0.15, 0.2) is 12.1 Å². The zero-order valence-corrected chi connectivity index (χ0v) is 7.57. The zero-order chi connectivity index (χ0) is 9.84. The van der Waals surface area contributed by atoms with E-state index in [4.69, 9.17) is 19.5 Å². The summed E-state index contributed by atoms with van der Waals surface area (Å²) in [5, 5.41) is 14.2. The fraction of sp³-hybridized carbons (Fsp3) is 0.250. The Labute approximate surface area is 77.0 Å². The van der Waals surface area contributed by atoms with Gasteiger partial charge in [0.1, 0.15) is 0 Å². The molecule has 0 bridgehead atoms. The number of hydrogen-bond donors (Lipinski definition) is 2. The number of benzene rings is 1. The first-order chi connectivity index (χ1) is 6.29. The van der Waals surface area contributed by atoms with Crippen LogP contribution in [0.5, 0.6) is 11.5 Å². The van der Waals surface area contributed by atoms with Crippen LogP contribution in [-0.4, -0.2) is 32.0 Å². The third-order valence-electron chi connectivity index (χ3n) is 1.81. The molecular weight excluding hydrogens is 171 g/mol. The van der Waals surface area contributed by atoms with Gasteiger partial charge in [0.2, 0.25) is 0 Å². The summed E-state index contributed by atoms with van der Waals surface area (Å²) < 4.78 is 10.1.